The molecule has 2 rings (SSSR count). The second kappa shape index (κ2) is 5.87. The predicted molar refractivity (Wildman–Crippen MR) is 85.3 cm³/mol. The third-order valence-corrected chi connectivity index (χ3v) is 7.76. The van der Waals surface area contributed by atoms with Crippen molar-refractivity contribution in [3.05, 3.63) is 22.3 Å². The van der Waals surface area contributed by atoms with Crippen LogP contribution in [0, 0.1) is 0 Å². The fraction of sp³-hybridized carbons (Fsp3) is 0.750. The minimum absolute atomic E-state index is 0.379. The number of allylic oxidation sites excluding steroid dienone is 4. The Labute approximate surface area is 124 Å². The van der Waals surface area contributed by atoms with Crippen LogP contribution < -0.4 is 0 Å². The third-order valence-electron chi connectivity index (χ3n) is 5.69. The van der Waals surface area contributed by atoms with E-state index in [1.165, 1.54) is 46.8 Å². The molecule has 1 atom stereocenters. The van der Waals surface area contributed by atoms with Gasteiger partial charge in [0.2, 0.25) is 0 Å². The molecule has 0 bridgehead atoms. The monoisotopic (exact) mass is 256 g/mol. The molecule has 96 valence electrons. The molecule has 0 amide bonds. The van der Waals surface area contributed by atoms with Gasteiger partial charge in [-0.1, -0.05) is 0 Å². The Morgan fingerprint density at radius 1 is 1.00 bits per heavy atom. The summed E-state index contributed by atoms with van der Waals surface area (Å²) in [6, 6.07) is 0. The average molecular weight is 256 g/mol. The maximum atomic E-state index is 2.48. The van der Waals surface area contributed by atoms with E-state index >= 15 is 0 Å². The molecule has 0 spiro atoms. The molecule has 0 N–H and O–H groups in total. The molecule has 0 nitrogen and oxygen atoms in total. The first-order valence-electron chi connectivity index (χ1n) is 7.56. The van der Waals surface area contributed by atoms with Crippen molar-refractivity contribution >= 4 is 26.3 Å². The van der Waals surface area contributed by atoms with Crippen molar-refractivity contribution in [3.63, 3.8) is 0 Å². The van der Waals surface area contributed by atoms with Crippen molar-refractivity contribution in [1.29, 1.82) is 0 Å². The quantitative estimate of drug-likeness (QED) is 0.491. The SMILES string of the molecule is [Li][C]1(CPC2CCCCC2)C(C)=C(C)C(C)=C1C. The van der Waals surface area contributed by atoms with Gasteiger partial charge >= 0.3 is 124 Å². The molecule has 1 unspecified atom stereocenters. The zero-order valence-corrected chi connectivity index (χ0v) is 13.8. The van der Waals surface area contributed by atoms with Crippen LogP contribution in [0.15, 0.2) is 22.3 Å². The Kier molecular flexibility index (Phi) is 4.86. The van der Waals surface area contributed by atoms with Crippen molar-refractivity contribution in [1.82, 2.24) is 0 Å². The molecular weight excluding hydrogens is 230 g/mol. The van der Waals surface area contributed by atoms with E-state index in [0.717, 1.165) is 5.66 Å². The molecule has 0 aromatic heterocycles. The van der Waals surface area contributed by atoms with E-state index < -0.39 is 0 Å². The molecule has 0 aromatic carbocycles. The van der Waals surface area contributed by atoms with Crippen LogP contribution >= 0.6 is 8.58 Å². The molecule has 1 saturated carbocycles. The standard InChI is InChI=1S/C16H26P.Li/c1-11-12(2)14(4)16(13(11)3)10-17-15-8-6-5-7-9-15;/h15,17H,5-10H2,1-4H3;. The summed E-state index contributed by atoms with van der Waals surface area (Å²) < 4.78 is 0.379. The Bertz CT molecular complexity index is 362. The van der Waals surface area contributed by atoms with E-state index in [1.807, 2.05) is 0 Å². The predicted octanol–water partition coefficient (Wildman–Crippen LogP) is 5.01. The first kappa shape index (κ1) is 14.9. The molecule has 2 aliphatic rings. The summed E-state index contributed by atoms with van der Waals surface area (Å²) in [4.78, 5) is 0. The van der Waals surface area contributed by atoms with Crippen LogP contribution in [0.2, 0.25) is 4.09 Å². The summed E-state index contributed by atoms with van der Waals surface area (Å²) in [6.07, 6.45) is 8.83. The molecule has 0 radical (unpaired) electrons. The zero-order valence-electron chi connectivity index (χ0n) is 12.8. The minimum atomic E-state index is 0.379. The summed E-state index contributed by atoms with van der Waals surface area (Å²) in [5.74, 6) is 0. The van der Waals surface area contributed by atoms with E-state index in [-0.39, 0.29) is 0 Å². The Hall–Kier alpha value is 0.507. The van der Waals surface area contributed by atoms with Gasteiger partial charge in [-0.3, -0.25) is 0 Å². The van der Waals surface area contributed by atoms with Gasteiger partial charge in [0.05, 0.1) is 0 Å². The molecule has 18 heavy (non-hydrogen) atoms. The second-order valence-electron chi connectivity index (χ2n) is 6.55. The van der Waals surface area contributed by atoms with Crippen molar-refractivity contribution < 1.29 is 0 Å². The number of rotatable bonds is 3. The molecule has 0 saturated heterocycles. The van der Waals surface area contributed by atoms with Crippen molar-refractivity contribution in [2.24, 2.45) is 0 Å². The number of hydrogen-bond acceptors (Lipinski definition) is 0. The van der Waals surface area contributed by atoms with Crippen LogP contribution in [0.4, 0.5) is 0 Å². The zero-order chi connectivity index (χ0) is 13.3. The van der Waals surface area contributed by atoms with Gasteiger partial charge in [0, 0.05) is 0 Å². The van der Waals surface area contributed by atoms with E-state index in [0.29, 0.717) is 4.09 Å². The molecule has 0 heterocycles. The number of hydrogen-bond donors (Lipinski definition) is 0. The van der Waals surface area contributed by atoms with Gasteiger partial charge in [0.15, 0.2) is 0 Å². The fourth-order valence-electron chi connectivity index (χ4n) is 3.59. The van der Waals surface area contributed by atoms with Gasteiger partial charge in [0.25, 0.3) is 0 Å². The van der Waals surface area contributed by atoms with Crippen molar-refractivity contribution in [2.45, 2.75) is 69.5 Å². The Balaban J connectivity index is 2.04. The maximum absolute atomic E-state index is 2.48. The Morgan fingerprint density at radius 2 is 1.50 bits per heavy atom. The third kappa shape index (κ3) is 2.68. The van der Waals surface area contributed by atoms with Crippen molar-refractivity contribution in [3.8, 4) is 0 Å². The van der Waals surface area contributed by atoms with Gasteiger partial charge in [0.1, 0.15) is 0 Å². The molecule has 2 aliphatic carbocycles. The summed E-state index contributed by atoms with van der Waals surface area (Å²) in [5, 5.41) is 0. The van der Waals surface area contributed by atoms with Crippen LogP contribution in [-0.4, -0.2) is 29.5 Å². The van der Waals surface area contributed by atoms with Gasteiger partial charge in [-0.05, 0) is 0 Å². The molecule has 0 aromatic rings. The fourth-order valence-corrected chi connectivity index (χ4v) is 5.64. The molecule has 1 fully saturated rings. The van der Waals surface area contributed by atoms with Crippen LogP contribution in [0.25, 0.3) is 0 Å². The van der Waals surface area contributed by atoms with Gasteiger partial charge in [-0.2, -0.15) is 0 Å². The van der Waals surface area contributed by atoms with Gasteiger partial charge < -0.3 is 0 Å². The summed E-state index contributed by atoms with van der Waals surface area (Å²) in [7, 11) is 1.17. The Morgan fingerprint density at radius 3 is 2.00 bits per heavy atom. The van der Waals surface area contributed by atoms with E-state index in [1.54, 1.807) is 22.3 Å². The van der Waals surface area contributed by atoms with Gasteiger partial charge in [-0.15, -0.1) is 0 Å². The molecular formula is C16H26LiP. The molecule has 2 heteroatoms. The van der Waals surface area contributed by atoms with Crippen LogP contribution in [0.3, 0.4) is 0 Å². The summed E-state index contributed by atoms with van der Waals surface area (Å²) >= 11 is 2.48. The van der Waals surface area contributed by atoms with E-state index in [2.05, 4.69) is 45.4 Å². The average Bonchev–Trinajstić information content (AvgIpc) is 2.54. The second-order valence-corrected chi connectivity index (χ2v) is 8.13. The first-order chi connectivity index (χ1) is 8.47. The molecule has 0 aliphatic heterocycles. The van der Waals surface area contributed by atoms with Crippen molar-refractivity contribution in [2.75, 3.05) is 6.16 Å². The van der Waals surface area contributed by atoms with E-state index in [4.69, 9.17) is 0 Å². The first-order valence-corrected chi connectivity index (χ1v) is 8.85. The van der Waals surface area contributed by atoms with Crippen LogP contribution in [0.1, 0.15) is 59.8 Å². The topological polar surface area (TPSA) is 0 Å². The summed E-state index contributed by atoms with van der Waals surface area (Å²) in [5.41, 5.74) is 7.44. The summed E-state index contributed by atoms with van der Waals surface area (Å²) in [6.45, 7) is 9.34. The normalized spacial score (nSPS) is 25.9. The van der Waals surface area contributed by atoms with E-state index in [9.17, 15) is 0 Å². The van der Waals surface area contributed by atoms with Crippen LogP contribution in [0.5, 0.6) is 0 Å². The van der Waals surface area contributed by atoms with Gasteiger partial charge in [-0.25, -0.2) is 0 Å². The van der Waals surface area contributed by atoms with Crippen LogP contribution in [-0.2, 0) is 0 Å².